The summed E-state index contributed by atoms with van der Waals surface area (Å²) in [7, 11) is 1.63. The fourth-order valence-corrected chi connectivity index (χ4v) is 1.45. The molecule has 0 aliphatic rings. The van der Waals surface area contributed by atoms with Crippen LogP contribution in [0.4, 0.5) is 0 Å². The summed E-state index contributed by atoms with van der Waals surface area (Å²) in [5, 5.41) is 0.725. The summed E-state index contributed by atoms with van der Waals surface area (Å²) in [6.07, 6.45) is 0. The van der Waals surface area contributed by atoms with Crippen LogP contribution in [0.5, 0.6) is 5.75 Å². The third kappa shape index (κ3) is 2.18. The third-order valence-corrected chi connectivity index (χ3v) is 2.63. The summed E-state index contributed by atoms with van der Waals surface area (Å²) < 4.78 is 5.25. The number of aryl methyl sites for hydroxylation is 1. The predicted molar refractivity (Wildman–Crippen MR) is 58.5 cm³/mol. The molecule has 3 N–H and O–H groups in total. The van der Waals surface area contributed by atoms with Gasteiger partial charge in [-0.15, -0.1) is 0 Å². The molecule has 0 bridgehead atoms. The molecule has 0 spiro atoms. The number of nitrogens with one attached hydrogen (secondary N) is 1. The minimum atomic E-state index is 0.0167. The Morgan fingerprint density at radius 2 is 2.14 bits per heavy atom. The van der Waals surface area contributed by atoms with Crippen LogP contribution in [0.25, 0.3) is 0 Å². The third-order valence-electron chi connectivity index (χ3n) is 2.23. The van der Waals surface area contributed by atoms with Gasteiger partial charge in [-0.2, -0.15) is 0 Å². The Balaban J connectivity index is 3.19. The first-order chi connectivity index (χ1) is 6.60. The van der Waals surface area contributed by atoms with Gasteiger partial charge in [0.1, 0.15) is 5.75 Å². The van der Waals surface area contributed by atoms with Gasteiger partial charge in [-0.25, -0.2) is 0 Å². The van der Waals surface area contributed by atoms with Crippen LogP contribution >= 0.6 is 11.6 Å². The van der Waals surface area contributed by atoms with Gasteiger partial charge in [-0.1, -0.05) is 11.6 Å². The Morgan fingerprint density at radius 3 is 2.64 bits per heavy atom. The van der Waals surface area contributed by atoms with Gasteiger partial charge in [-0.3, -0.25) is 11.3 Å². The zero-order valence-corrected chi connectivity index (χ0v) is 9.35. The lowest BCUT2D eigenvalue weighted by Gasteiger charge is -2.16. The lowest BCUT2D eigenvalue weighted by molar-refractivity contribution is 0.402. The van der Waals surface area contributed by atoms with Gasteiger partial charge in [-0.05, 0) is 31.5 Å². The van der Waals surface area contributed by atoms with Crippen LogP contribution in [0.2, 0.25) is 5.02 Å². The summed E-state index contributed by atoms with van der Waals surface area (Å²) in [4.78, 5) is 0. The number of hydrogen-bond donors (Lipinski definition) is 2. The Morgan fingerprint density at radius 1 is 1.50 bits per heavy atom. The molecule has 78 valence electrons. The van der Waals surface area contributed by atoms with E-state index in [-0.39, 0.29) is 6.04 Å². The first-order valence-corrected chi connectivity index (χ1v) is 4.78. The maximum atomic E-state index is 6.02. The van der Waals surface area contributed by atoms with Crippen molar-refractivity contribution < 1.29 is 4.74 Å². The summed E-state index contributed by atoms with van der Waals surface area (Å²) in [6.45, 7) is 3.89. The van der Waals surface area contributed by atoms with E-state index in [0.29, 0.717) is 0 Å². The van der Waals surface area contributed by atoms with Crippen molar-refractivity contribution >= 4 is 11.6 Å². The maximum absolute atomic E-state index is 6.02. The summed E-state index contributed by atoms with van der Waals surface area (Å²) >= 11 is 6.02. The molecular formula is C10H15ClN2O. The highest BCUT2D eigenvalue weighted by Crippen LogP contribution is 2.30. The van der Waals surface area contributed by atoms with Gasteiger partial charge in [0.25, 0.3) is 0 Å². The Labute approximate surface area is 89.2 Å². The van der Waals surface area contributed by atoms with Gasteiger partial charge in [0.15, 0.2) is 0 Å². The molecule has 0 aromatic heterocycles. The van der Waals surface area contributed by atoms with Gasteiger partial charge in [0.05, 0.1) is 7.11 Å². The number of benzene rings is 1. The highest BCUT2D eigenvalue weighted by Gasteiger charge is 2.11. The van der Waals surface area contributed by atoms with Crippen molar-refractivity contribution in [1.29, 1.82) is 0 Å². The molecule has 0 heterocycles. The average Bonchev–Trinajstić information content (AvgIpc) is 2.20. The van der Waals surface area contributed by atoms with Crippen LogP contribution in [0.15, 0.2) is 12.1 Å². The van der Waals surface area contributed by atoms with E-state index in [1.54, 1.807) is 7.11 Å². The SMILES string of the molecule is COc1cc(C)c(Cl)cc1C(C)NN. The second-order valence-electron chi connectivity index (χ2n) is 3.23. The molecule has 0 saturated carbocycles. The molecule has 3 nitrogen and oxygen atoms in total. The van der Waals surface area contributed by atoms with E-state index in [4.69, 9.17) is 22.2 Å². The largest absolute Gasteiger partial charge is 0.496 e. The summed E-state index contributed by atoms with van der Waals surface area (Å²) in [5.41, 5.74) is 4.62. The highest BCUT2D eigenvalue weighted by atomic mass is 35.5. The van der Waals surface area contributed by atoms with E-state index >= 15 is 0 Å². The van der Waals surface area contributed by atoms with Gasteiger partial charge in [0, 0.05) is 16.6 Å². The number of nitrogens with two attached hydrogens (primary N) is 1. The molecular weight excluding hydrogens is 200 g/mol. The smallest absolute Gasteiger partial charge is 0.124 e. The van der Waals surface area contributed by atoms with Crippen molar-refractivity contribution in [3.63, 3.8) is 0 Å². The maximum Gasteiger partial charge on any atom is 0.124 e. The lowest BCUT2D eigenvalue weighted by Crippen LogP contribution is -2.26. The van der Waals surface area contributed by atoms with E-state index in [1.807, 2.05) is 26.0 Å². The number of halogens is 1. The van der Waals surface area contributed by atoms with Crippen LogP contribution in [0.3, 0.4) is 0 Å². The van der Waals surface area contributed by atoms with Crippen molar-refractivity contribution in [1.82, 2.24) is 5.43 Å². The zero-order chi connectivity index (χ0) is 10.7. The molecule has 0 amide bonds. The van der Waals surface area contributed by atoms with E-state index in [9.17, 15) is 0 Å². The van der Waals surface area contributed by atoms with Gasteiger partial charge < -0.3 is 4.74 Å². The molecule has 0 aliphatic carbocycles. The van der Waals surface area contributed by atoms with Gasteiger partial charge >= 0.3 is 0 Å². The van der Waals surface area contributed by atoms with Crippen molar-refractivity contribution in [2.75, 3.05) is 7.11 Å². The van der Waals surface area contributed by atoms with E-state index in [1.165, 1.54) is 0 Å². The van der Waals surface area contributed by atoms with Crippen LogP contribution in [-0.2, 0) is 0 Å². The molecule has 0 radical (unpaired) electrons. The number of rotatable bonds is 3. The van der Waals surface area contributed by atoms with Gasteiger partial charge in [0.2, 0.25) is 0 Å². The fraction of sp³-hybridized carbons (Fsp3) is 0.400. The topological polar surface area (TPSA) is 47.3 Å². The number of methoxy groups -OCH3 is 1. The molecule has 1 atom stereocenters. The van der Waals surface area contributed by atoms with Crippen molar-refractivity contribution in [2.24, 2.45) is 5.84 Å². The van der Waals surface area contributed by atoms with E-state index in [0.717, 1.165) is 21.9 Å². The van der Waals surface area contributed by atoms with Crippen molar-refractivity contribution in [3.8, 4) is 5.75 Å². The fourth-order valence-electron chi connectivity index (χ4n) is 1.28. The van der Waals surface area contributed by atoms with E-state index < -0.39 is 0 Å². The standard InChI is InChI=1S/C10H15ClN2O/c1-6-4-10(14-3)8(5-9(6)11)7(2)13-12/h4-5,7,13H,12H2,1-3H3. The monoisotopic (exact) mass is 214 g/mol. The van der Waals surface area contributed by atoms with Crippen molar-refractivity contribution in [2.45, 2.75) is 19.9 Å². The molecule has 4 heteroatoms. The second-order valence-corrected chi connectivity index (χ2v) is 3.64. The molecule has 14 heavy (non-hydrogen) atoms. The quantitative estimate of drug-likeness (QED) is 0.599. The highest BCUT2D eigenvalue weighted by molar-refractivity contribution is 6.31. The first kappa shape index (κ1) is 11.3. The second kappa shape index (κ2) is 4.64. The summed E-state index contributed by atoms with van der Waals surface area (Å²) in [5.74, 6) is 6.17. The molecule has 0 saturated heterocycles. The summed E-state index contributed by atoms with van der Waals surface area (Å²) in [6, 6.07) is 3.80. The average molecular weight is 215 g/mol. The molecule has 0 fully saturated rings. The Kier molecular flexibility index (Phi) is 3.75. The van der Waals surface area contributed by atoms with Crippen LogP contribution < -0.4 is 16.0 Å². The van der Waals surface area contributed by atoms with Crippen LogP contribution in [-0.4, -0.2) is 7.11 Å². The zero-order valence-electron chi connectivity index (χ0n) is 8.60. The minimum Gasteiger partial charge on any atom is -0.496 e. The number of ether oxygens (including phenoxy) is 1. The molecule has 1 unspecified atom stereocenters. The molecule has 1 rings (SSSR count). The Bertz CT molecular complexity index is 328. The Hall–Kier alpha value is -0.770. The number of hydrazine groups is 1. The van der Waals surface area contributed by atoms with Crippen molar-refractivity contribution in [3.05, 3.63) is 28.3 Å². The molecule has 1 aromatic carbocycles. The minimum absolute atomic E-state index is 0.0167. The molecule has 0 aliphatic heterocycles. The molecule has 1 aromatic rings. The van der Waals surface area contributed by atoms with Crippen LogP contribution in [0.1, 0.15) is 24.1 Å². The predicted octanol–water partition coefficient (Wildman–Crippen LogP) is 2.18. The normalized spacial score (nSPS) is 12.6. The first-order valence-electron chi connectivity index (χ1n) is 4.40. The number of hydrogen-bond acceptors (Lipinski definition) is 3. The van der Waals surface area contributed by atoms with E-state index in [2.05, 4.69) is 5.43 Å². The lowest BCUT2D eigenvalue weighted by atomic mass is 10.1. The van der Waals surface area contributed by atoms with Crippen LogP contribution in [0, 0.1) is 6.92 Å².